The lowest BCUT2D eigenvalue weighted by molar-refractivity contribution is -0.147. The number of rotatable bonds is 48. The Bertz CT molecular complexity index is 1100. The highest BCUT2D eigenvalue weighted by molar-refractivity contribution is 7.47. The Morgan fingerprint density at radius 1 is 0.525 bits per heavy atom. The number of esters is 1. The molecule has 0 spiro atoms. The Morgan fingerprint density at radius 3 is 1.41 bits per heavy atom. The summed E-state index contributed by atoms with van der Waals surface area (Å²) in [5, 5.41) is 12.7. The fraction of sp³-hybridized carbons (Fsp3) is 0.843. The second kappa shape index (κ2) is 47.7. The van der Waals surface area contributed by atoms with E-state index in [4.69, 9.17) is 13.8 Å². The lowest BCUT2D eigenvalue weighted by Crippen LogP contribution is -2.27. The zero-order valence-corrected chi connectivity index (χ0v) is 40.5. The van der Waals surface area contributed by atoms with E-state index in [1.54, 1.807) is 0 Å². The molecule has 0 aliphatic heterocycles. The van der Waals surface area contributed by atoms with Gasteiger partial charge in [0.15, 0.2) is 0 Å². The summed E-state index contributed by atoms with van der Waals surface area (Å²) in [6, 6.07) is 0. The van der Waals surface area contributed by atoms with Crippen molar-refractivity contribution in [3.63, 3.8) is 0 Å². The number of aliphatic hydroxyl groups excluding tert-OH is 1. The normalized spacial score (nSPS) is 13.4. The van der Waals surface area contributed by atoms with Crippen LogP contribution in [0.2, 0.25) is 0 Å². The van der Waals surface area contributed by atoms with E-state index in [0.717, 1.165) is 70.6 Å². The second-order valence-electron chi connectivity index (χ2n) is 17.1. The Labute approximate surface area is 375 Å². The first-order chi connectivity index (χ1) is 29.8. The number of hydrogen-bond donors (Lipinski definition) is 3. The Balaban J connectivity index is 3.53. The average molecular weight is 882 g/mol. The fourth-order valence-corrected chi connectivity index (χ4v) is 8.04. The molecule has 0 aromatic carbocycles. The molecule has 0 aliphatic carbocycles. The van der Waals surface area contributed by atoms with Crippen molar-refractivity contribution < 1.29 is 37.9 Å². The molecule has 9 nitrogen and oxygen atoms in total. The molecule has 0 aliphatic rings. The largest absolute Gasteiger partial charge is 0.472 e. The molecule has 3 N–H and O–H groups in total. The molecule has 358 valence electrons. The van der Waals surface area contributed by atoms with E-state index in [-0.39, 0.29) is 32.1 Å². The minimum Gasteiger partial charge on any atom is -0.463 e. The van der Waals surface area contributed by atoms with Crippen LogP contribution in [-0.2, 0) is 27.9 Å². The topological polar surface area (TPSA) is 131 Å². The molecule has 0 heterocycles. The first kappa shape index (κ1) is 59.2. The van der Waals surface area contributed by atoms with Crippen LogP contribution in [0.25, 0.3) is 0 Å². The third kappa shape index (κ3) is 49.1. The first-order valence-electron chi connectivity index (χ1n) is 25.5. The van der Waals surface area contributed by atoms with Crippen LogP contribution in [0.1, 0.15) is 245 Å². The van der Waals surface area contributed by atoms with Gasteiger partial charge in [-0.05, 0) is 44.9 Å². The van der Waals surface area contributed by atoms with Gasteiger partial charge < -0.3 is 20.1 Å². The molecule has 0 rings (SSSR count). The number of unbranched alkanes of at least 4 members (excludes halogenated alkanes) is 29. The molecule has 0 radical (unpaired) electrons. The van der Waals surface area contributed by atoms with Crippen LogP contribution >= 0.6 is 7.82 Å². The minimum atomic E-state index is -4.42. The Morgan fingerprint density at radius 2 is 0.934 bits per heavy atom. The number of ether oxygens (including phenoxy) is 1. The summed E-state index contributed by atoms with van der Waals surface area (Å²) >= 11 is 0. The lowest BCUT2D eigenvalue weighted by atomic mass is 10.0. The molecule has 0 fully saturated rings. The zero-order chi connectivity index (χ0) is 44.6. The summed E-state index contributed by atoms with van der Waals surface area (Å²) in [6.45, 7) is 3.47. The van der Waals surface area contributed by atoms with Crippen molar-refractivity contribution in [2.45, 2.75) is 251 Å². The quantitative estimate of drug-likeness (QED) is 0.0238. The predicted octanol–water partition coefficient (Wildman–Crippen LogP) is 14.9. The Hall–Kier alpha value is -1.77. The van der Waals surface area contributed by atoms with Crippen LogP contribution in [0.15, 0.2) is 36.5 Å². The standard InChI is InChI=1S/C51H96NO8P/c1-3-5-7-9-11-13-15-17-19-21-22-23-24-25-26-28-29-31-33-35-37-39-41-43-50(54)52-45-46-59-61(56,57)60-48-49(53)47-58-51(55)44-42-40-38-36-34-32-30-27-20-18-16-14-12-10-8-6-4-2/h6,8,12,14,18,20,49,53H,3-5,7,9-11,13,15-17,19,21-48H2,1-2H3,(H,52,54)(H,56,57)/b8-6-,14-12-,20-18-. The van der Waals surface area contributed by atoms with Gasteiger partial charge in [0.25, 0.3) is 0 Å². The van der Waals surface area contributed by atoms with Crippen molar-refractivity contribution in [1.29, 1.82) is 0 Å². The summed E-state index contributed by atoms with van der Waals surface area (Å²) in [7, 11) is -4.42. The highest BCUT2D eigenvalue weighted by atomic mass is 31.2. The summed E-state index contributed by atoms with van der Waals surface area (Å²) < 4.78 is 27.0. The number of aliphatic hydroxyl groups is 1. The number of phosphoric acid groups is 1. The van der Waals surface area contributed by atoms with Crippen molar-refractivity contribution in [1.82, 2.24) is 5.32 Å². The third-order valence-corrected chi connectivity index (χ3v) is 12.1. The number of carbonyl (C=O) groups excluding carboxylic acids is 2. The van der Waals surface area contributed by atoms with E-state index in [1.165, 1.54) is 148 Å². The number of nitrogens with one attached hydrogen (secondary N) is 1. The van der Waals surface area contributed by atoms with E-state index < -0.39 is 26.5 Å². The number of allylic oxidation sites excluding steroid dienone is 6. The van der Waals surface area contributed by atoms with Crippen LogP contribution in [0.3, 0.4) is 0 Å². The maximum Gasteiger partial charge on any atom is 0.472 e. The molecule has 0 bridgehead atoms. The van der Waals surface area contributed by atoms with Crippen molar-refractivity contribution >= 4 is 19.7 Å². The SMILES string of the molecule is CC/C=C\C/C=C\C/C=C\CCCCCCCCCC(=O)OCC(O)COP(=O)(O)OCCNC(=O)CCCCCCCCCCCCCCCCCCCCCCCCC. The molecule has 2 atom stereocenters. The summed E-state index contributed by atoms with van der Waals surface area (Å²) in [4.78, 5) is 34.0. The van der Waals surface area contributed by atoms with E-state index >= 15 is 0 Å². The van der Waals surface area contributed by atoms with Gasteiger partial charge in [0.2, 0.25) is 5.91 Å². The number of carbonyl (C=O) groups is 2. The van der Waals surface area contributed by atoms with Crippen LogP contribution in [0, 0.1) is 0 Å². The van der Waals surface area contributed by atoms with Crippen molar-refractivity contribution in [3.8, 4) is 0 Å². The summed E-state index contributed by atoms with van der Waals surface area (Å²) in [5.41, 5.74) is 0. The molecular weight excluding hydrogens is 786 g/mol. The van der Waals surface area contributed by atoms with Gasteiger partial charge in [-0.3, -0.25) is 18.6 Å². The molecule has 0 saturated heterocycles. The van der Waals surface area contributed by atoms with Crippen LogP contribution in [0.4, 0.5) is 0 Å². The van der Waals surface area contributed by atoms with E-state index in [9.17, 15) is 24.2 Å². The molecule has 0 saturated carbocycles. The number of amides is 1. The van der Waals surface area contributed by atoms with Gasteiger partial charge in [-0.15, -0.1) is 0 Å². The van der Waals surface area contributed by atoms with Crippen LogP contribution in [-0.4, -0.2) is 54.3 Å². The van der Waals surface area contributed by atoms with Gasteiger partial charge in [0.05, 0.1) is 13.2 Å². The van der Waals surface area contributed by atoms with Gasteiger partial charge in [-0.1, -0.05) is 224 Å². The maximum absolute atomic E-state index is 12.1. The molecular formula is C51H96NO8P. The third-order valence-electron chi connectivity index (χ3n) is 11.1. The average Bonchev–Trinajstić information content (AvgIpc) is 3.25. The van der Waals surface area contributed by atoms with Gasteiger partial charge in [0, 0.05) is 19.4 Å². The molecule has 61 heavy (non-hydrogen) atoms. The van der Waals surface area contributed by atoms with Gasteiger partial charge in [-0.2, -0.15) is 0 Å². The van der Waals surface area contributed by atoms with Crippen LogP contribution in [0.5, 0.6) is 0 Å². The number of phosphoric ester groups is 1. The molecule has 2 unspecified atom stereocenters. The highest BCUT2D eigenvalue weighted by Gasteiger charge is 2.23. The van der Waals surface area contributed by atoms with Gasteiger partial charge >= 0.3 is 13.8 Å². The molecule has 1 amide bonds. The number of hydrogen-bond acceptors (Lipinski definition) is 7. The molecule has 10 heteroatoms. The van der Waals surface area contributed by atoms with Crippen molar-refractivity contribution in [3.05, 3.63) is 36.5 Å². The van der Waals surface area contributed by atoms with E-state index in [1.807, 2.05) is 0 Å². The molecule has 0 aromatic heterocycles. The summed E-state index contributed by atoms with van der Waals surface area (Å²) in [5.74, 6) is -0.518. The van der Waals surface area contributed by atoms with Crippen molar-refractivity contribution in [2.24, 2.45) is 0 Å². The Kier molecular flexibility index (Phi) is 46.3. The predicted molar refractivity (Wildman–Crippen MR) is 257 cm³/mol. The van der Waals surface area contributed by atoms with E-state index in [2.05, 4.69) is 55.6 Å². The van der Waals surface area contributed by atoms with Gasteiger partial charge in [-0.25, -0.2) is 4.57 Å². The smallest absolute Gasteiger partial charge is 0.463 e. The first-order valence-corrected chi connectivity index (χ1v) is 27.0. The second-order valence-corrected chi connectivity index (χ2v) is 18.6. The molecule has 0 aromatic rings. The lowest BCUT2D eigenvalue weighted by Gasteiger charge is -2.15. The monoisotopic (exact) mass is 882 g/mol. The van der Waals surface area contributed by atoms with Gasteiger partial charge in [0.1, 0.15) is 12.7 Å². The highest BCUT2D eigenvalue weighted by Crippen LogP contribution is 2.42. The fourth-order valence-electron chi connectivity index (χ4n) is 7.28. The van der Waals surface area contributed by atoms with Crippen LogP contribution < -0.4 is 5.32 Å². The summed E-state index contributed by atoms with van der Waals surface area (Å²) in [6.07, 6.45) is 55.2. The maximum atomic E-state index is 12.1. The zero-order valence-electron chi connectivity index (χ0n) is 39.6. The van der Waals surface area contributed by atoms with Crippen molar-refractivity contribution in [2.75, 3.05) is 26.4 Å². The minimum absolute atomic E-state index is 0.0833. The van der Waals surface area contributed by atoms with E-state index in [0.29, 0.717) is 6.42 Å².